The standard InChI is InChI=1S/C22H20FN5O4/c1-2-27-10-11-28(22(32)21(27)31)19-15-4-3-9-24-16(15)18(29)17(26-19)20(30)25-12-13-5-7-14(23)8-6-13/h3-9,29H,2,10-12H2,1H3,(H,25,30). The third kappa shape index (κ3) is 3.82. The van der Waals surface area contributed by atoms with E-state index in [-0.39, 0.29) is 30.1 Å². The Morgan fingerprint density at radius 3 is 2.62 bits per heavy atom. The molecular formula is C22H20FN5O4. The number of carbonyl (C=O) groups is 3. The van der Waals surface area contributed by atoms with Gasteiger partial charge in [0.1, 0.15) is 17.2 Å². The number of nitrogens with zero attached hydrogens (tertiary/aromatic N) is 4. The predicted molar refractivity (Wildman–Crippen MR) is 113 cm³/mol. The number of fused-ring (bicyclic) bond motifs is 1. The molecule has 32 heavy (non-hydrogen) atoms. The first-order valence-electron chi connectivity index (χ1n) is 10.0. The first kappa shape index (κ1) is 21.2. The molecule has 1 aromatic carbocycles. The lowest BCUT2D eigenvalue weighted by Crippen LogP contribution is -2.54. The highest BCUT2D eigenvalue weighted by Gasteiger charge is 2.35. The van der Waals surface area contributed by atoms with Gasteiger partial charge >= 0.3 is 11.8 Å². The minimum atomic E-state index is -0.765. The van der Waals surface area contributed by atoms with Crippen LogP contribution in [-0.2, 0) is 16.1 Å². The number of amides is 3. The zero-order chi connectivity index (χ0) is 22.8. The third-order valence-electron chi connectivity index (χ3n) is 5.24. The molecule has 2 N–H and O–H groups in total. The molecule has 1 saturated heterocycles. The molecule has 10 heteroatoms. The Kier molecular flexibility index (Phi) is 5.67. The quantitative estimate of drug-likeness (QED) is 0.586. The van der Waals surface area contributed by atoms with Crippen LogP contribution >= 0.6 is 0 Å². The highest BCUT2D eigenvalue weighted by Crippen LogP contribution is 2.33. The third-order valence-corrected chi connectivity index (χ3v) is 5.24. The van der Waals surface area contributed by atoms with E-state index in [1.54, 1.807) is 19.1 Å². The second kappa shape index (κ2) is 8.58. The summed E-state index contributed by atoms with van der Waals surface area (Å²) in [4.78, 5) is 48.9. The fourth-order valence-electron chi connectivity index (χ4n) is 3.52. The van der Waals surface area contributed by atoms with Crippen LogP contribution in [0.1, 0.15) is 23.0 Å². The molecule has 0 aliphatic carbocycles. The number of piperazine rings is 1. The molecule has 3 heterocycles. The van der Waals surface area contributed by atoms with Crippen molar-refractivity contribution in [2.45, 2.75) is 13.5 Å². The monoisotopic (exact) mass is 437 g/mol. The van der Waals surface area contributed by atoms with Gasteiger partial charge in [0.25, 0.3) is 5.91 Å². The Balaban J connectivity index is 1.70. The molecule has 0 unspecified atom stereocenters. The summed E-state index contributed by atoms with van der Waals surface area (Å²) in [6.45, 7) is 2.76. The maximum atomic E-state index is 13.1. The number of carbonyl (C=O) groups excluding carboxylic acids is 3. The van der Waals surface area contributed by atoms with Crippen molar-refractivity contribution < 1.29 is 23.9 Å². The Labute approximate surface area is 182 Å². The van der Waals surface area contributed by atoms with Gasteiger partial charge in [-0.1, -0.05) is 12.1 Å². The number of aromatic hydroxyl groups is 1. The largest absolute Gasteiger partial charge is 0.504 e. The second-order valence-electron chi connectivity index (χ2n) is 7.18. The maximum absolute atomic E-state index is 13.1. The van der Waals surface area contributed by atoms with Gasteiger partial charge in [-0.25, -0.2) is 9.37 Å². The molecule has 2 aromatic heterocycles. The highest BCUT2D eigenvalue weighted by atomic mass is 19.1. The summed E-state index contributed by atoms with van der Waals surface area (Å²) in [5, 5.41) is 13.6. The molecule has 1 fully saturated rings. The van der Waals surface area contributed by atoms with Crippen LogP contribution in [0.3, 0.4) is 0 Å². The fourth-order valence-corrected chi connectivity index (χ4v) is 3.52. The topological polar surface area (TPSA) is 116 Å². The summed E-state index contributed by atoms with van der Waals surface area (Å²) in [6, 6.07) is 8.80. The molecule has 0 spiro atoms. The summed E-state index contributed by atoms with van der Waals surface area (Å²) >= 11 is 0. The van der Waals surface area contributed by atoms with Crippen molar-refractivity contribution >= 4 is 34.4 Å². The normalized spacial score (nSPS) is 14.2. The maximum Gasteiger partial charge on any atom is 0.317 e. The van der Waals surface area contributed by atoms with Gasteiger partial charge in [0.2, 0.25) is 0 Å². The lowest BCUT2D eigenvalue weighted by Gasteiger charge is -2.33. The molecule has 9 nitrogen and oxygen atoms in total. The van der Waals surface area contributed by atoms with Crippen molar-refractivity contribution in [2.24, 2.45) is 0 Å². The number of rotatable bonds is 5. The average Bonchev–Trinajstić information content (AvgIpc) is 2.81. The number of hydrogen-bond donors (Lipinski definition) is 2. The Morgan fingerprint density at radius 1 is 1.16 bits per heavy atom. The van der Waals surface area contributed by atoms with Crippen LogP contribution in [0.15, 0.2) is 42.6 Å². The van der Waals surface area contributed by atoms with Crippen LogP contribution in [0.4, 0.5) is 10.2 Å². The van der Waals surface area contributed by atoms with E-state index in [9.17, 15) is 23.9 Å². The molecule has 1 aliphatic heterocycles. The fraction of sp³-hybridized carbons (Fsp3) is 0.227. The first-order chi connectivity index (χ1) is 15.4. The van der Waals surface area contributed by atoms with Crippen LogP contribution < -0.4 is 10.2 Å². The zero-order valence-corrected chi connectivity index (χ0v) is 17.2. The van der Waals surface area contributed by atoms with Crippen LogP contribution in [0.2, 0.25) is 0 Å². The molecule has 0 radical (unpaired) electrons. The number of aromatic nitrogens is 2. The van der Waals surface area contributed by atoms with E-state index in [2.05, 4.69) is 15.3 Å². The Morgan fingerprint density at radius 2 is 1.91 bits per heavy atom. The summed E-state index contributed by atoms with van der Waals surface area (Å²) < 4.78 is 13.1. The molecule has 164 valence electrons. The predicted octanol–water partition coefficient (Wildman–Crippen LogP) is 1.60. The van der Waals surface area contributed by atoms with Gasteiger partial charge in [0.15, 0.2) is 11.4 Å². The van der Waals surface area contributed by atoms with Gasteiger partial charge in [0.05, 0.1) is 0 Å². The number of benzene rings is 1. The molecule has 0 atom stereocenters. The number of nitrogens with one attached hydrogen (secondary N) is 1. The number of hydrogen-bond acceptors (Lipinski definition) is 6. The summed E-state index contributed by atoms with van der Waals surface area (Å²) in [5.74, 6) is -2.88. The van der Waals surface area contributed by atoms with Gasteiger partial charge in [-0.15, -0.1) is 0 Å². The zero-order valence-electron chi connectivity index (χ0n) is 17.2. The number of anilines is 1. The van der Waals surface area contributed by atoms with Gasteiger partial charge < -0.3 is 15.3 Å². The van der Waals surface area contributed by atoms with Crippen molar-refractivity contribution in [2.75, 3.05) is 24.5 Å². The van der Waals surface area contributed by atoms with Crippen LogP contribution in [0.25, 0.3) is 10.9 Å². The van der Waals surface area contributed by atoms with E-state index in [4.69, 9.17) is 0 Å². The van der Waals surface area contributed by atoms with E-state index in [0.717, 1.165) is 0 Å². The van der Waals surface area contributed by atoms with Crippen LogP contribution in [0, 0.1) is 5.82 Å². The smallest absolute Gasteiger partial charge is 0.317 e. The van der Waals surface area contributed by atoms with E-state index >= 15 is 0 Å². The van der Waals surface area contributed by atoms with E-state index in [1.165, 1.54) is 40.3 Å². The molecule has 1 aliphatic rings. The minimum absolute atomic E-state index is 0.0718. The van der Waals surface area contributed by atoms with Crippen molar-refractivity contribution in [1.29, 1.82) is 0 Å². The van der Waals surface area contributed by atoms with Gasteiger partial charge in [0, 0.05) is 37.8 Å². The summed E-state index contributed by atoms with van der Waals surface area (Å²) in [7, 11) is 0. The number of pyridine rings is 2. The van der Waals surface area contributed by atoms with Crippen LogP contribution in [0.5, 0.6) is 5.75 Å². The van der Waals surface area contributed by atoms with Gasteiger partial charge in [-0.2, -0.15) is 0 Å². The molecule has 4 rings (SSSR count). The first-order valence-corrected chi connectivity index (χ1v) is 10.0. The molecule has 0 bridgehead atoms. The van der Waals surface area contributed by atoms with Gasteiger partial charge in [-0.05, 0) is 36.8 Å². The van der Waals surface area contributed by atoms with Crippen molar-refractivity contribution in [3.05, 3.63) is 59.7 Å². The molecule has 3 amide bonds. The van der Waals surface area contributed by atoms with Crippen molar-refractivity contribution in [3.63, 3.8) is 0 Å². The van der Waals surface area contributed by atoms with Crippen molar-refractivity contribution in [3.8, 4) is 5.75 Å². The number of halogens is 1. The SMILES string of the molecule is CCN1CCN(c2nc(C(=O)NCc3ccc(F)cc3)c(O)c3ncccc23)C(=O)C1=O. The molecular weight excluding hydrogens is 417 g/mol. The van der Waals surface area contributed by atoms with E-state index in [1.807, 2.05) is 0 Å². The summed E-state index contributed by atoms with van der Waals surface area (Å²) in [5.41, 5.74) is 0.406. The Hall–Kier alpha value is -4.08. The Bertz CT molecular complexity index is 1210. The summed E-state index contributed by atoms with van der Waals surface area (Å²) in [6.07, 6.45) is 1.44. The minimum Gasteiger partial charge on any atom is -0.504 e. The highest BCUT2D eigenvalue weighted by molar-refractivity contribution is 6.41. The van der Waals surface area contributed by atoms with E-state index < -0.39 is 29.3 Å². The number of likely N-dealkylation sites (N-methyl/N-ethyl adjacent to an activating group) is 1. The van der Waals surface area contributed by atoms with Crippen molar-refractivity contribution in [1.82, 2.24) is 20.2 Å². The lowest BCUT2D eigenvalue weighted by atomic mass is 10.1. The molecule has 0 saturated carbocycles. The van der Waals surface area contributed by atoms with Gasteiger partial charge in [-0.3, -0.25) is 24.3 Å². The lowest BCUT2D eigenvalue weighted by molar-refractivity contribution is -0.146. The second-order valence-corrected chi connectivity index (χ2v) is 7.18. The molecule has 3 aromatic rings. The average molecular weight is 437 g/mol. The van der Waals surface area contributed by atoms with Crippen LogP contribution in [-0.4, -0.2) is 57.3 Å². The van der Waals surface area contributed by atoms with E-state index in [0.29, 0.717) is 24.0 Å².